The number of aliphatic imine (C=N–C) groups is 1. The number of amides is 1. The quantitative estimate of drug-likeness (QED) is 0.398. The van der Waals surface area contributed by atoms with Crippen LogP contribution in [0.3, 0.4) is 0 Å². The minimum Gasteiger partial charge on any atom is -0.351 e. The van der Waals surface area contributed by atoms with Crippen LogP contribution in [0.5, 0.6) is 0 Å². The molecule has 2 aliphatic heterocycles. The van der Waals surface area contributed by atoms with Crippen molar-refractivity contribution >= 4 is 47.2 Å². The number of carbonyl (C=O) groups is 1. The lowest BCUT2D eigenvalue weighted by atomic mass is 10.2. The first-order valence-electron chi connectivity index (χ1n) is 9.20. The summed E-state index contributed by atoms with van der Waals surface area (Å²) in [4.78, 5) is 24.9. The van der Waals surface area contributed by atoms with Crippen molar-refractivity contribution in [2.24, 2.45) is 4.99 Å². The zero-order valence-electron chi connectivity index (χ0n) is 15.7. The Balaban J connectivity index is 0.00000243. The Morgan fingerprint density at radius 3 is 2.46 bits per heavy atom. The first-order chi connectivity index (χ1) is 12.2. The number of guanidine groups is 1. The van der Waals surface area contributed by atoms with Gasteiger partial charge >= 0.3 is 0 Å². The van der Waals surface area contributed by atoms with Gasteiger partial charge in [0.2, 0.25) is 5.91 Å². The van der Waals surface area contributed by atoms with Gasteiger partial charge in [-0.1, -0.05) is 6.07 Å². The number of hydrogen-bond acceptors (Lipinski definition) is 4. The van der Waals surface area contributed by atoms with E-state index in [0.29, 0.717) is 5.91 Å². The second-order valence-corrected chi connectivity index (χ2v) is 7.74. The molecule has 26 heavy (non-hydrogen) atoms. The van der Waals surface area contributed by atoms with Gasteiger partial charge < -0.3 is 15.1 Å². The van der Waals surface area contributed by atoms with Crippen molar-refractivity contribution in [3.63, 3.8) is 0 Å². The Morgan fingerprint density at radius 2 is 1.88 bits per heavy atom. The molecular formula is C18H30IN5OS. The van der Waals surface area contributed by atoms with Gasteiger partial charge in [-0.25, -0.2) is 0 Å². The van der Waals surface area contributed by atoms with Crippen molar-refractivity contribution in [2.75, 3.05) is 46.3 Å². The SMILES string of the molecule is CN=C(NCc1cccs1)N1CCN(C(C)C(=O)N2CCCC2)CC1.I. The van der Waals surface area contributed by atoms with Gasteiger partial charge in [0.15, 0.2) is 5.96 Å². The molecule has 1 aromatic heterocycles. The van der Waals surface area contributed by atoms with E-state index in [0.717, 1.165) is 64.6 Å². The smallest absolute Gasteiger partial charge is 0.239 e. The van der Waals surface area contributed by atoms with E-state index in [2.05, 4.69) is 44.5 Å². The van der Waals surface area contributed by atoms with Gasteiger partial charge in [-0.05, 0) is 31.2 Å². The lowest BCUT2D eigenvalue weighted by Crippen LogP contribution is -2.57. The second kappa shape index (κ2) is 10.5. The fourth-order valence-electron chi connectivity index (χ4n) is 3.59. The molecule has 3 rings (SSSR count). The number of nitrogens with zero attached hydrogens (tertiary/aromatic N) is 4. The van der Waals surface area contributed by atoms with Crippen molar-refractivity contribution < 1.29 is 4.79 Å². The van der Waals surface area contributed by atoms with Gasteiger partial charge in [-0.15, -0.1) is 35.3 Å². The fourth-order valence-corrected chi connectivity index (χ4v) is 4.24. The molecule has 1 unspecified atom stereocenters. The molecule has 0 saturated carbocycles. The third-order valence-electron chi connectivity index (χ3n) is 5.15. The predicted molar refractivity (Wildman–Crippen MR) is 118 cm³/mol. The molecule has 0 radical (unpaired) electrons. The minimum atomic E-state index is -0.0126. The molecule has 6 nitrogen and oxygen atoms in total. The van der Waals surface area contributed by atoms with E-state index >= 15 is 0 Å². The molecule has 2 fully saturated rings. The molecule has 0 bridgehead atoms. The largest absolute Gasteiger partial charge is 0.351 e. The molecule has 0 spiro atoms. The van der Waals surface area contributed by atoms with Gasteiger partial charge in [0, 0.05) is 51.2 Å². The molecule has 1 aromatic rings. The summed E-state index contributed by atoms with van der Waals surface area (Å²) in [6.07, 6.45) is 2.30. The van der Waals surface area contributed by atoms with Crippen LogP contribution in [-0.4, -0.2) is 78.9 Å². The Bertz CT molecular complexity index is 580. The topological polar surface area (TPSA) is 51.2 Å². The Hall–Kier alpha value is -0.870. The number of hydrogen-bond donors (Lipinski definition) is 1. The average molecular weight is 491 g/mol. The molecule has 8 heteroatoms. The standard InChI is InChI=1S/C18H29N5OS.HI/c1-15(17(24)22-7-3-4-8-22)21-9-11-23(12-10-21)18(19-2)20-14-16-6-5-13-25-16;/h5-6,13,15H,3-4,7-12,14H2,1-2H3,(H,19,20);1H. The Kier molecular flexibility index (Phi) is 8.62. The summed E-state index contributed by atoms with van der Waals surface area (Å²) in [5.41, 5.74) is 0. The Morgan fingerprint density at radius 1 is 1.19 bits per heavy atom. The van der Waals surface area contributed by atoms with Crippen molar-refractivity contribution in [1.82, 2.24) is 20.0 Å². The number of halogens is 1. The summed E-state index contributed by atoms with van der Waals surface area (Å²) in [7, 11) is 1.84. The molecule has 146 valence electrons. The van der Waals surface area contributed by atoms with E-state index in [4.69, 9.17) is 0 Å². The van der Waals surface area contributed by atoms with Gasteiger partial charge in [-0.3, -0.25) is 14.7 Å². The minimum absolute atomic E-state index is 0. The second-order valence-electron chi connectivity index (χ2n) is 6.71. The van der Waals surface area contributed by atoms with Crippen LogP contribution in [0.25, 0.3) is 0 Å². The number of piperazine rings is 1. The van der Waals surface area contributed by atoms with E-state index in [9.17, 15) is 4.79 Å². The van der Waals surface area contributed by atoms with E-state index in [1.165, 1.54) is 4.88 Å². The van der Waals surface area contributed by atoms with E-state index in [1.54, 1.807) is 11.3 Å². The number of carbonyl (C=O) groups excluding carboxylic acids is 1. The summed E-state index contributed by atoms with van der Waals surface area (Å²) < 4.78 is 0. The summed E-state index contributed by atoms with van der Waals surface area (Å²) in [5.74, 6) is 1.25. The van der Waals surface area contributed by atoms with Crippen LogP contribution >= 0.6 is 35.3 Å². The molecule has 1 atom stereocenters. The van der Waals surface area contributed by atoms with E-state index < -0.39 is 0 Å². The lowest BCUT2D eigenvalue weighted by Gasteiger charge is -2.39. The van der Waals surface area contributed by atoms with Gasteiger partial charge in [0.25, 0.3) is 0 Å². The molecular weight excluding hydrogens is 461 g/mol. The number of thiophene rings is 1. The van der Waals surface area contributed by atoms with Crippen LogP contribution in [0.4, 0.5) is 0 Å². The zero-order chi connectivity index (χ0) is 17.6. The molecule has 3 heterocycles. The van der Waals surface area contributed by atoms with Crippen LogP contribution in [-0.2, 0) is 11.3 Å². The maximum atomic E-state index is 12.6. The highest BCUT2D eigenvalue weighted by Gasteiger charge is 2.30. The predicted octanol–water partition coefficient (Wildman–Crippen LogP) is 2.07. The van der Waals surface area contributed by atoms with Crippen molar-refractivity contribution in [1.29, 1.82) is 0 Å². The molecule has 1 N–H and O–H groups in total. The van der Waals surface area contributed by atoms with Gasteiger partial charge in [-0.2, -0.15) is 0 Å². The molecule has 0 aromatic carbocycles. The molecule has 0 aliphatic carbocycles. The van der Waals surface area contributed by atoms with E-state index in [-0.39, 0.29) is 30.0 Å². The third-order valence-corrected chi connectivity index (χ3v) is 6.03. The summed E-state index contributed by atoms with van der Waals surface area (Å²) in [6, 6.07) is 4.19. The van der Waals surface area contributed by atoms with Gasteiger partial charge in [0.05, 0.1) is 12.6 Å². The van der Waals surface area contributed by atoms with Crippen molar-refractivity contribution in [3.05, 3.63) is 22.4 Å². The van der Waals surface area contributed by atoms with Gasteiger partial charge in [0.1, 0.15) is 0 Å². The number of rotatable bonds is 4. The summed E-state index contributed by atoms with van der Waals surface area (Å²) >= 11 is 1.76. The highest BCUT2D eigenvalue weighted by atomic mass is 127. The normalized spacial score (nSPS) is 20.0. The van der Waals surface area contributed by atoms with Crippen LogP contribution in [0.15, 0.2) is 22.5 Å². The first-order valence-corrected chi connectivity index (χ1v) is 10.1. The van der Waals surface area contributed by atoms with Crippen molar-refractivity contribution in [3.8, 4) is 0 Å². The van der Waals surface area contributed by atoms with Crippen molar-refractivity contribution in [2.45, 2.75) is 32.4 Å². The monoisotopic (exact) mass is 491 g/mol. The molecule has 1 amide bonds. The summed E-state index contributed by atoms with van der Waals surface area (Å²) in [6.45, 7) is 8.35. The maximum Gasteiger partial charge on any atom is 0.239 e. The first kappa shape index (κ1) is 21.4. The van der Waals surface area contributed by atoms with E-state index in [1.807, 2.05) is 11.9 Å². The average Bonchev–Trinajstić information content (AvgIpc) is 3.35. The van der Waals surface area contributed by atoms with Crippen LogP contribution in [0.2, 0.25) is 0 Å². The van der Waals surface area contributed by atoms with Crippen LogP contribution in [0.1, 0.15) is 24.6 Å². The van der Waals surface area contributed by atoms with Crippen LogP contribution < -0.4 is 5.32 Å². The highest BCUT2D eigenvalue weighted by molar-refractivity contribution is 14.0. The number of nitrogens with one attached hydrogen (secondary N) is 1. The maximum absolute atomic E-state index is 12.6. The lowest BCUT2D eigenvalue weighted by molar-refractivity contribution is -0.135. The zero-order valence-corrected chi connectivity index (χ0v) is 18.8. The summed E-state index contributed by atoms with van der Waals surface area (Å²) in [5, 5.41) is 5.54. The third kappa shape index (κ3) is 5.32. The fraction of sp³-hybridized carbons (Fsp3) is 0.667. The number of likely N-dealkylation sites (tertiary alicyclic amines) is 1. The molecule has 2 aliphatic rings. The highest BCUT2D eigenvalue weighted by Crippen LogP contribution is 2.14. The van der Waals surface area contributed by atoms with Crippen LogP contribution in [0, 0.1) is 0 Å². The Labute approximate surface area is 177 Å². The molecule has 2 saturated heterocycles.